The Labute approximate surface area is 68.0 Å². The third kappa shape index (κ3) is 2.03. The molecule has 0 aromatic carbocycles. The Morgan fingerprint density at radius 1 is 1.33 bits per heavy atom. The minimum Gasteiger partial charge on any atom is -0.481 e. The third-order valence-corrected chi connectivity index (χ3v) is 1.44. The summed E-state index contributed by atoms with van der Waals surface area (Å²) in [4.78, 5) is 31.2. The molecule has 0 rings (SSSR count). The number of carboxylic acid groups (broad SMARTS) is 2. The van der Waals surface area contributed by atoms with E-state index >= 15 is 0 Å². The van der Waals surface area contributed by atoms with Crippen molar-refractivity contribution in [1.29, 1.82) is 0 Å². The normalized spacial score (nSPS) is 14.8. The second-order valence-corrected chi connectivity index (χ2v) is 2.40. The SMILES string of the molecule is CC(=O)[C@](N)(CC(=O)O)C(=O)O. The third-order valence-electron chi connectivity index (χ3n) is 1.44. The Morgan fingerprint density at radius 3 is 1.83 bits per heavy atom. The van der Waals surface area contributed by atoms with Gasteiger partial charge in [-0.1, -0.05) is 0 Å². The largest absolute Gasteiger partial charge is 0.481 e. The molecule has 0 aliphatic heterocycles. The van der Waals surface area contributed by atoms with Crippen LogP contribution in [0.2, 0.25) is 0 Å². The molecule has 6 heteroatoms. The Bertz CT molecular complexity index is 220. The second-order valence-electron chi connectivity index (χ2n) is 2.40. The Kier molecular flexibility index (Phi) is 2.92. The van der Waals surface area contributed by atoms with Gasteiger partial charge in [-0.3, -0.25) is 9.59 Å². The number of ketones is 1. The molecular weight excluding hydrogens is 166 g/mol. The van der Waals surface area contributed by atoms with Crippen molar-refractivity contribution in [3.8, 4) is 0 Å². The topological polar surface area (TPSA) is 118 Å². The Morgan fingerprint density at radius 2 is 1.75 bits per heavy atom. The summed E-state index contributed by atoms with van der Waals surface area (Å²) in [5, 5.41) is 16.7. The Balaban J connectivity index is 4.75. The average molecular weight is 175 g/mol. The lowest BCUT2D eigenvalue weighted by atomic mass is 9.92. The number of carbonyl (C=O) groups is 3. The van der Waals surface area contributed by atoms with Gasteiger partial charge in [-0.15, -0.1) is 0 Å². The molecule has 0 radical (unpaired) electrons. The number of hydrogen-bond acceptors (Lipinski definition) is 4. The molecule has 0 heterocycles. The van der Waals surface area contributed by atoms with Gasteiger partial charge in [0.2, 0.25) is 0 Å². The van der Waals surface area contributed by atoms with Crippen molar-refractivity contribution in [1.82, 2.24) is 0 Å². The molecule has 0 aromatic heterocycles. The molecule has 0 unspecified atom stereocenters. The zero-order chi connectivity index (χ0) is 9.94. The summed E-state index contributed by atoms with van der Waals surface area (Å²) in [6.45, 7) is 0.942. The summed E-state index contributed by atoms with van der Waals surface area (Å²) in [5.41, 5.74) is 2.75. The molecule has 68 valence electrons. The van der Waals surface area contributed by atoms with Gasteiger partial charge in [0.25, 0.3) is 0 Å². The van der Waals surface area contributed by atoms with Gasteiger partial charge in [-0.05, 0) is 6.92 Å². The first-order chi connectivity index (χ1) is 5.30. The van der Waals surface area contributed by atoms with E-state index in [4.69, 9.17) is 15.9 Å². The van der Waals surface area contributed by atoms with Gasteiger partial charge >= 0.3 is 11.9 Å². The van der Waals surface area contributed by atoms with Gasteiger partial charge in [0.1, 0.15) is 0 Å². The molecule has 0 fully saturated rings. The van der Waals surface area contributed by atoms with Crippen molar-refractivity contribution in [3.05, 3.63) is 0 Å². The van der Waals surface area contributed by atoms with Crippen LogP contribution in [0.4, 0.5) is 0 Å². The number of rotatable bonds is 4. The van der Waals surface area contributed by atoms with Gasteiger partial charge in [-0.25, -0.2) is 4.79 Å². The molecule has 4 N–H and O–H groups in total. The zero-order valence-corrected chi connectivity index (χ0v) is 6.40. The summed E-state index contributed by atoms with van der Waals surface area (Å²) >= 11 is 0. The summed E-state index contributed by atoms with van der Waals surface area (Å²) in [6, 6.07) is 0. The first-order valence-corrected chi connectivity index (χ1v) is 3.06. The van der Waals surface area contributed by atoms with E-state index in [1.807, 2.05) is 0 Å². The van der Waals surface area contributed by atoms with Crippen LogP contribution in [-0.4, -0.2) is 33.5 Å². The summed E-state index contributed by atoms with van der Waals surface area (Å²) in [5.74, 6) is -3.93. The fourth-order valence-corrected chi connectivity index (χ4v) is 0.589. The van der Waals surface area contributed by atoms with Crippen LogP contribution in [0.15, 0.2) is 0 Å². The number of nitrogens with two attached hydrogens (primary N) is 1. The predicted octanol–water partition coefficient (Wildman–Crippen LogP) is -1.17. The molecular formula is C6H9NO5. The molecule has 6 nitrogen and oxygen atoms in total. The zero-order valence-electron chi connectivity index (χ0n) is 6.40. The van der Waals surface area contributed by atoms with Crippen molar-refractivity contribution >= 4 is 17.7 Å². The molecule has 0 spiro atoms. The van der Waals surface area contributed by atoms with E-state index in [2.05, 4.69) is 0 Å². The Hall–Kier alpha value is -1.43. The molecule has 12 heavy (non-hydrogen) atoms. The van der Waals surface area contributed by atoms with E-state index < -0.39 is 29.7 Å². The molecule has 0 amide bonds. The maximum Gasteiger partial charge on any atom is 0.332 e. The smallest absolute Gasteiger partial charge is 0.332 e. The number of carboxylic acids is 2. The predicted molar refractivity (Wildman–Crippen MR) is 37.5 cm³/mol. The van der Waals surface area contributed by atoms with Crippen molar-refractivity contribution in [2.45, 2.75) is 18.9 Å². The number of hydrogen-bond donors (Lipinski definition) is 3. The number of carbonyl (C=O) groups excluding carboxylic acids is 1. The minimum absolute atomic E-state index is 0.877. The van der Waals surface area contributed by atoms with Gasteiger partial charge in [0.05, 0.1) is 6.42 Å². The highest BCUT2D eigenvalue weighted by molar-refractivity contribution is 6.08. The van der Waals surface area contributed by atoms with E-state index in [0.29, 0.717) is 0 Å². The maximum atomic E-state index is 10.7. The highest BCUT2D eigenvalue weighted by Crippen LogP contribution is 2.08. The second kappa shape index (κ2) is 3.31. The lowest BCUT2D eigenvalue weighted by Gasteiger charge is -2.18. The molecule has 0 bridgehead atoms. The van der Waals surface area contributed by atoms with Crippen LogP contribution in [0, 0.1) is 0 Å². The average Bonchev–Trinajstić information content (AvgIpc) is 1.84. The molecule has 0 saturated carbocycles. The van der Waals surface area contributed by atoms with E-state index in [0.717, 1.165) is 6.92 Å². The van der Waals surface area contributed by atoms with Crippen LogP contribution in [0.1, 0.15) is 13.3 Å². The summed E-state index contributed by atoms with van der Waals surface area (Å²) < 4.78 is 0. The summed E-state index contributed by atoms with van der Waals surface area (Å²) in [6.07, 6.45) is -0.905. The van der Waals surface area contributed by atoms with E-state index in [9.17, 15) is 14.4 Å². The van der Waals surface area contributed by atoms with Gasteiger partial charge < -0.3 is 15.9 Å². The quantitative estimate of drug-likeness (QED) is 0.463. The van der Waals surface area contributed by atoms with Crippen LogP contribution < -0.4 is 5.73 Å². The number of Topliss-reactive ketones (excluding diaryl/α,β-unsaturated/α-hetero) is 1. The minimum atomic E-state index is -2.30. The van der Waals surface area contributed by atoms with E-state index in [-0.39, 0.29) is 0 Å². The van der Waals surface area contributed by atoms with Gasteiger partial charge in [0, 0.05) is 0 Å². The van der Waals surface area contributed by atoms with Crippen molar-refractivity contribution in [2.24, 2.45) is 5.73 Å². The first-order valence-electron chi connectivity index (χ1n) is 3.06. The highest BCUT2D eigenvalue weighted by Gasteiger charge is 2.41. The van der Waals surface area contributed by atoms with Crippen molar-refractivity contribution in [2.75, 3.05) is 0 Å². The van der Waals surface area contributed by atoms with Crippen molar-refractivity contribution in [3.63, 3.8) is 0 Å². The summed E-state index contributed by atoms with van der Waals surface area (Å²) in [7, 11) is 0. The molecule has 0 saturated heterocycles. The number of aliphatic carboxylic acids is 2. The molecule has 0 aromatic rings. The van der Waals surface area contributed by atoms with Crippen molar-refractivity contribution < 1.29 is 24.6 Å². The fraction of sp³-hybridized carbons (Fsp3) is 0.500. The van der Waals surface area contributed by atoms with Crippen LogP contribution in [0.25, 0.3) is 0 Å². The monoisotopic (exact) mass is 175 g/mol. The lowest BCUT2D eigenvalue weighted by molar-refractivity contribution is -0.153. The van der Waals surface area contributed by atoms with Crippen LogP contribution in [0.3, 0.4) is 0 Å². The van der Waals surface area contributed by atoms with Crippen LogP contribution in [-0.2, 0) is 14.4 Å². The fourth-order valence-electron chi connectivity index (χ4n) is 0.589. The van der Waals surface area contributed by atoms with Crippen LogP contribution in [0.5, 0.6) is 0 Å². The highest BCUT2D eigenvalue weighted by atomic mass is 16.4. The van der Waals surface area contributed by atoms with E-state index in [1.54, 1.807) is 0 Å². The first kappa shape index (κ1) is 10.6. The molecule has 0 aliphatic rings. The molecule has 1 atom stereocenters. The maximum absolute atomic E-state index is 10.7. The van der Waals surface area contributed by atoms with Gasteiger partial charge in [-0.2, -0.15) is 0 Å². The van der Waals surface area contributed by atoms with E-state index in [1.165, 1.54) is 0 Å². The van der Waals surface area contributed by atoms with Gasteiger partial charge in [0.15, 0.2) is 11.3 Å². The molecule has 0 aliphatic carbocycles. The van der Waals surface area contributed by atoms with Crippen LogP contribution >= 0.6 is 0 Å². The standard InChI is InChI=1S/C6H9NO5/c1-3(8)6(7,5(11)12)2-4(9)10/h2,7H2,1H3,(H,9,10)(H,11,12)/t6-/m1/s1. The lowest BCUT2D eigenvalue weighted by Crippen LogP contribution is -2.55.